The molecule has 1 heterocycles. The fraction of sp³-hybridized carbons (Fsp3) is 0.241. The first-order valence-corrected chi connectivity index (χ1v) is 11.7. The standard InChI is InChI=1S/C29H29NO7/c1-34-15-14-30-26(20-10-7-11-22(16-20)37-18-19-8-5-4-6-9-19)25(28(32)29(30)33)27(31)23-13-12-21(35-2)17-24(23)36-3/h4-13,16-17,26,31H,14-15,18H2,1-3H3/b27-25+. The van der Waals surface area contributed by atoms with Gasteiger partial charge in [-0.15, -0.1) is 0 Å². The maximum absolute atomic E-state index is 13.2. The van der Waals surface area contributed by atoms with Crippen molar-refractivity contribution in [2.45, 2.75) is 12.6 Å². The molecule has 192 valence electrons. The van der Waals surface area contributed by atoms with Crippen LogP contribution in [-0.4, -0.2) is 56.2 Å². The van der Waals surface area contributed by atoms with Gasteiger partial charge in [0.05, 0.1) is 38.0 Å². The van der Waals surface area contributed by atoms with Gasteiger partial charge >= 0.3 is 0 Å². The van der Waals surface area contributed by atoms with Crippen molar-refractivity contribution in [3.05, 3.63) is 95.1 Å². The third kappa shape index (κ3) is 5.44. The van der Waals surface area contributed by atoms with Crippen molar-refractivity contribution in [1.82, 2.24) is 4.90 Å². The van der Waals surface area contributed by atoms with E-state index in [0.717, 1.165) is 5.56 Å². The Morgan fingerprint density at radius 1 is 0.892 bits per heavy atom. The number of nitrogens with zero attached hydrogens (tertiary/aromatic N) is 1. The third-order valence-corrected chi connectivity index (χ3v) is 6.16. The minimum Gasteiger partial charge on any atom is -0.507 e. The van der Waals surface area contributed by atoms with Crippen LogP contribution in [0.4, 0.5) is 0 Å². The molecule has 3 aromatic carbocycles. The molecule has 0 bridgehead atoms. The van der Waals surface area contributed by atoms with Crippen LogP contribution in [-0.2, 0) is 20.9 Å². The van der Waals surface area contributed by atoms with Crippen LogP contribution in [0, 0.1) is 0 Å². The van der Waals surface area contributed by atoms with Crippen molar-refractivity contribution in [1.29, 1.82) is 0 Å². The maximum Gasteiger partial charge on any atom is 0.295 e. The lowest BCUT2D eigenvalue weighted by atomic mass is 9.94. The minimum atomic E-state index is -0.845. The summed E-state index contributed by atoms with van der Waals surface area (Å²) in [6, 6.07) is 20.9. The van der Waals surface area contributed by atoms with E-state index < -0.39 is 17.7 Å². The van der Waals surface area contributed by atoms with E-state index in [2.05, 4.69) is 0 Å². The van der Waals surface area contributed by atoms with Gasteiger partial charge in [0.25, 0.3) is 11.7 Å². The highest BCUT2D eigenvalue weighted by molar-refractivity contribution is 6.46. The van der Waals surface area contributed by atoms with Crippen LogP contribution < -0.4 is 14.2 Å². The molecular weight excluding hydrogens is 474 g/mol. The summed E-state index contributed by atoms with van der Waals surface area (Å²) in [5.41, 5.74) is 1.86. The Bertz CT molecular complexity index is 1300. The van der Waals surface area contributed by atoms with Crippen LogP contribution >= 0.6 is 0 Å². The van der Waals surface area contributed by atoms with Crippen molar-refractivity contribution < 1.29 is 33.6 Å². The van der Waals surface area contributed by atoms with E-state index in [1.54, 1.807) is 42.5 Å². The molecule has 8 nitrogen and oxygen atoms in total. The first kappa shape index (κ1) is 25.8. The lowest BCUT2D eigenvalue weighted by Crippen LogP contribution is -2.32. The van der Waals surface area contributed by atoms with Gasteiger partial charge in [0.2, 0.25) is 0 Å². The van der Waals surface area contributed by atoms with Gasteiger partial charge < -0.3 is 29.0 Å². The van der Waals surface area contributed by atoms with Crippen molar-refractivity contribution in [3.63, 3.8) is 0 Å². The number of methoxy groups -OCH3 is 3. The molecule has 1 N–H and O–H groups in total. The zero-order valence-corrected chi connectivity index (χ0v) is 21.0. The second-order valence-corrected chi connectivity index (χ2v) is 8.40. The van der Waals surface area contributed by atoms with Gasteiger partial charge in [0, 0.05) is 19.7 Å². The summed E-state index contributed by atoms with van der Waals surface area (Å²) < 4.78 is 21.8. The van der Waals surface area contributed by atoms with Crippen LogP contribution in [0.25, 0.3) is 5.76 Å². The molecule has 1 unspecified atom stereocenters. The number of carbonyl (C=O) groups is 2. The zero-order valence-electron chi connectivity index (χ0n) is 21.0. The van der Waals surface area contributed by atoms with Crippen LogP contribution in [0.1, 0.15) is 22.7 Å². The molecule has 3 aromatic rings. The van der Waals surface area contributed by atoms with Gasteiger partial charge in [-0.3, -0.25) is 9.59 Å². The van der Waals surface area contributed by atoms with E-state index in [1.807, 2.05) is 30.3 Å². The maximum atomic E-state index is 13.2. The van der Waals surface area contributed by atoms with Gasteiger partial charge in [-0.05, 0) is 35.4 Å². The highest BCUT2D eigenvalue weighted by Crippen LogP contribution is 2.42. The van der Waals surface area contributed by atoms with E-state index in [0.29, 0.717) is 29.4 Å². The van der Waals surface area contributed by atoms with Crippen LogP contribution in [0.5, 0.6) is 17.2 Å². The second kappa shape index (κ2) is 11.6. The Kier molecular flexibility index (Phi) is 8.10. The smallest absolute Gasteiger partial charge is 0.295 e. The van der Waals surface area contributed by atoms with Crippen LogP contribution in [0.15, 0.2) is 78.4 Å². The van der Waals surface area contributed by atoms with E-state index in [1.165, 1.54) is 26.2 Å². The number of benzene rings is 3. The third-order valence-electron chi connectivity index (χ3n) is 6.16. The summed E-state index contributed by atoms with van der Waals surface area (Å²) in [7, 11) is 4.49. The zero-order chi connectivity index (χ0) is 26.4. The molecule has 0 aromatic heterocycles. The monoisotopic (exact) mass is 503 g/mol. The summed E-state index contributed by atoms with van der Waals surface area (Å²) in [6.45, 7) is 0.744. The predicted octanol–water partition coefficient (Wildman–Crippen LogP) is 4.35. The first-order chi connectivity index (χ1) is 18.0. The topological polar surface area (TPSA) is 94.5 Å². The Morgan fingerprint density at radius 3 is 2.38 bits per heavy atom. The summed E-state index contributed by atoms with van der Waals surface area (Å²) >= 11 is 0. The number of carbonyl (C=O) groups excluding carboxylic acids is 2. The molecule has 0 radical (unpaired) electrons. The number of ether oxygens (including phenoxy) is 4. The number of aliphatic hydroxyl groups excluding tert-OH is 1. The lowest BCUT2D eigenvalue weighted by molar-refractivity contribution is -0.140. The Balaban J connectivity index is 1.77. The van der Waals surface area contributed by atoms with E-state index in [-0.39, 0.29) is 30.0 Å². The fourth-order valence-electron chi connectivity index (χ4n) is 4.30. The number of rotatable bonds is 10. The number of likely N-dealkylation sites (tertiary alicyclic amines) is 1. The average Bonchev–Trinajstić information content (AvgIpc) is 3.19. The molecule has 0 spiro atoms. The molecule has 0 saturated carbocycles. The number of aliphatic hydroxyl groups is 1. The Morgan fingerprint density at radius 2 is 1.68 bits per heavy atom. The van der Waals surface area contributed by atoms with E-state index in [4.69, 9.17) is 18.9 Å². The SMILES string of the molecule is COCCN1C(=O)C(=O)/C(=C(/O)c2ccc(OC)cc2OC)C1c1cccc(OCc2ccccc2)c1. The molecule has 0 aliphatic carbocycles. The predicted molar refractivity (Wildman–Crippen MR) is 138 cm³/mol. The molecule has 8 heteroatoms. The summed E-state index contributed by atoms with van der Waals surface area (Å²) in [5, 5.41) is 11.4. The van der Waals surface area contributed by atoms with Gasteiger partial charge in [-0.2, -0.15) is 0 Å². The number of Topliss-reactive ketones (excluding diaryl/α,β-unsaturated/α-hetero) is 1. The van der Waals surface area contributed by atoms with E-state index in [9.17, 15) is 14.7 Å². The van der Waals surface area contributed by atoms with Crippen LogP contribution in [0.3, 0.4) is 0 Å². The van der Waals surface area contributed by atoms with Gasteiger partial charge in [0.1, 0.15) is 29.6 Å². The highest BCUT2D eigenvalue weighted by atomic mass is 16.5. The minimum absolute atomic E-state index is 0.0372. The van der Waals surface area contributed by atoms with E-state index >= 15 is 0 Å². The molecule has 1 fully saturated rings. The number of hydrogen-bond donors (Lipinski definition) is 1. The molecule has 1 atom stereocenters. The van der Waals surface area contributed by atoms with Gasteiger partial charge in [-0.1, -0.05) is 42.5 Å². The quantitative estimate of drug-likeness (QED) is 0.250. The van der Waals surface area contributed by atoms with Crippen molar-refractivity contribution in [2.24, 2.45) is 0 Å². The summed E-state index contributed by atoms with van der Waals surface area (Å²) in [6.07, 6.45) is 0. The molecule has 4 rings (SSSR count). The van der Waals surface area contributed by atoms with Crippen LogP contribution in [0.2, 0.25) is 0 Å². The normalized spacial score (nSPS) is 16.6. The molecular formula is C29H29NO7. The van der Waals surface area contributed by atoms with Crippen molar-refractivity contribution in [3.8, 4) is 17.2 Å². The molecule has 1 aliphatic heterocycles. The summed E-state index contributed by atoms with van der Waals surface area (Å²) in [5.74, 6) is -0.440. The molecule has 37 heavy (non-hydrogen) atoms. The highest BCUT2D eigenvalue weighted by Gasteiger charge is 2.46. The molecule has 1 aliphatic rings. The van der Waals surface area contributed by atoms with Crippen molar-refractivity contribution >= 4 is 17.4 Å². The molecule has 1 amide bonds. The largest absolute Gasteiger partial charge is 0.507 e. The lowest BCUT2D eigenvalue weighted by Gasteiger charge is -2.25. The first-order valence-electron chi connectivity index (χ1n) is 11.7. The second-order valence-electron chi connectivity index (χ2n) is 8.40. The fourth-order valence-corrected chi connectivity index (χ4v) is 4.30. The van der Waals surface area contributed by atoms with Gasteiger partial charge in [0.15, 0.2) is 0 Å². The van der Waals surface area contributed by atoms with Crippen molar-refractivity contribution in [2.75, 3.05) is 34.5 Å². The summed E-state index contributed by atoms with van der Waals surface area (Å²) in [4.78, 5) is 27.7. The number of amides is 1. The number of ketones is 1. The Labute approximate surface area is 215 Å². The molecule has 1 saturated heterocycles. The van der Waals surface area contributed by atoms with Gasteiger partial charge in [-0.25, -0.2) is 0 Å². The number of hydrogen-bond acceptors (Lipinski definition) is 7. The average molecular weight is 504 g/mol. The Hall–Kier alpha value is -4.30.